The molecule has 190 valence electrons. The highest BCUT2D eigenvalue weighted by atomic mass is 16.5. The number of imidazole rings is 1. The smallest absolute Gasteiger partial charge is 0.222 e. The zero-order valence-electron chi connectivity index (χ0n) is 20.7. The number of benzene rings is 1. The highest BCUT2D eigenvalue weighted by Crippen LogP contribution is 2.27. The van der Waals surface area contributed by atoms with Crippen LogP contribution in [0.4, 0.5) is 11.6 Å². The summed E-state index contributed by atoms with van der Waals surface area (Å²) in [6, 6.07) is 14.1. The standard InChI is InChI=1S/C27H30N8O2/c36-23-8-4-12-34(23)13-5-11-28-26-24-27(35(19-30-24)21-6-2-1-3-7-21)32-25(31-26)20-9-10-22(29-18-20)33-14-16-37-17-15-33/h1-3,6-7,9-10,18-19H,4-5,8,11-17H2,(H,28,31,32). The molecule has 6 rings (SSSR count). The first-order valence-electron chi connectivity index (χ1n) is 12.9. The van der Waals surface area contributed by atoms with Crippen LogP contribution in [0.5, 0.6) is 0 Å². The largest absolute Gasteiger partial charge is 0.378 e. The molecule has 0 radical (unpaired) electrons. The van der Waals surface area contributed by atoms with Crippen molar-refractivity contribution in [3.05, 3.63) is 55.0 Å². The second-order valence-electron chi connectivity index (χ2n) is 9.29. The highest BCUT2D eigenvalue weighted by Gasteiger charge is 2.20. The molecule has 0 bridgehead atoms. The minimum atomic E-state index is 0.251. The lowest BCUT2D eigenvalue weighted by Crippen LogP contribution is -2.36. The molecular weight excluding hydrogens is 468 g/mol. The van der Waals surface area contributed by atoms with E-state index in [1.165, 1.54) is 0 Å². The molecule has 0 spiro atoms. The Morgan fingerprint density at radius 2 is 1.84 bits per heavy atom. The minimum absolute atomic E-state index is 0.251. The first-order valence-corrected chi connectivity index (χ1v) is 12.9. The van der Waals surface area contributed by atoms with E-state index in [1.807, 2.05) is 58.1 Å². The molecule has 0 atom stereocenters. The van der Waals surface area contributed by atoms with Crippen LogP contribution in [0.25, 0.3) is 28.2 Å². The van der Waals surface area contributed by atoms with E-state index in [4.69, 9.17) is 19.7 Å². The number of pyridine rings is 1. The number of nitrogens with zero attached hydrogens (tertiary/aromatic N) is 7. The van der Waals surface area contributed by atoms with Gasteiger partial charge in [0, 0.05) is 56.6 Å². The van der Waals surface area contributed by atoms with Crippen LogP contribution in [0.15, 0.2) is 55.0 Å². The maximum absolute atomic E-state index is 11.9. The number of rotatable bonds is 8. The van der Waals surface area contributed by atoms with Gasteiger partial charge in [0.2, 0.25) is 5.91 Å². The van der Waals surface area contributed by atoms with Crippen molar-refractivity contribution in [2.75, 3.05) is 56.2 Å². The predicted molar refractivity (Wildman–Crippen MR) is 142 cm³/mol. The van der Waals surface area contributed by atoms with Crippen molar-refractivity contribution < 1.29 is 9.53 Å². The van der Waals surface area contributed by atoms with E-state index in [0.29, 0.717) is 43.3 Å². The van der Waals surface area contributed by atoms with Gasteiger partial charge in [0.15, 0.2) is 22.8 Å². The van der Waals surface area contributed by atoms with Gasteiger partial charge in [-0.05, 0) is 37.1 Å². The number of ether oxygens (including phenoxy) is 1. The number of amides is 1. The van der Waals surface area contributed by atoms with Crippen molar-refractivity contribution in [3.63, 3.8) is 0 Å². The first kappa shape index (κ1) is 23.4. The Morgan fingerprint density at radius 3 is 2.59 bits per heavy atom. The molecule has 10 heteroatoms. The number of hydrogen-bond donors (Lipinski definition) is 1. The molecule has 10 nitrogen and oxygen atoms in total. The van der Waals surface area contributed by atoms with Crippen molar-refractivity contribution in [2.24, 2.45) is 0 Å². The lowest BCUT2D eigenvalue weighted by Gasteiger charge is -2.27. The number of anilines is 2. The Balaban J connectivity index is 1.29. The fourth-order valence-corrected chi connectivity index (χ4v) is 4.84. The summed E-state index contributed by atoms with van der Waals surface area (Å²) in [5.74, 6) is 2.45. The molecule has 0 unspecified atom stereocenters. The van der Waals surface area contributed by atoms with Crippen molar-refractivity contribution in [3.8, 4) is 17.1 Å². The maximum atomic E-state index is 11.9. The van der Waals surface area contributed by atoms with Gasteiger partial charge in [0.05, 0.1) is 13.2 Å². The summed E-state index contributed by atoms with van der Waals surface area (Å²) in [7, 11) is 0. The second-order valence-corrected chi connectivity index (χ2v) is 9.29. The fraction of sp³-hybridized carbons (Fsp3) is 0.370. The van der Waals surface area contributed by atoms with Crippen LogP contribution in [0.1, 0.15) is 19.3 Å². The maximum Gasteiger partial charge on any atom is 0.222 e. The number of likely N-dealkylation sites (tertiary alicyclic amines) is 1. The molecule has 2 aliphatic rings. The van der Waals surface area contributed by atoms with Crippen LogP contribution in [-0.2, 0) is 9.53 Å². The number of fused-ring (bicyclic) bond motifs is 1. The van der Waals surface area contributed by atoms with Crippen LogP contribution in [0.3, 0.4) is 0 Å². The van der Waals surface area contributed by atoms with Gasteiger partial charge in [0.25, 0.3) is 0 Å². The summed E-state index contributed by atoms with van der Waals surface area (Å²) in [5.41, 5.74) is 3.26. The molecule has 2 saturated heterocycles. The van der Waals surface area contributed by atoms with Gasteiger partial charge >= 0.3 is 0 Å². The van der Waals surface area contributed by atoms with E-state index in [9.17, 15) is 4.79 Å². The molecule has 2 fully saturated rings. The highest BCUT2D eigenvalue weighted by molar-refractivity contribution is 5.86. The van der Waals surface area contributed by atoms with E-state index in [0.717, 1.165) is 61.7 Å². The van der Waals surface area contributed by atoms with E-state index in [1.54, 1.807) is 6.33 Å². The SMILES string of the molecule is O=C1CCCN1CCCNc1nc(-c2ccc(N3CCOCC3)nc2)nc2c1ncn2-c1ccccc1. The molecule has 0 saturated carbocycles. The third kappa shape index (κ3) is 4.97. The monoisotopic (exact) mass is 498 g/mol. The van der Waals surface area contributed by atoms with Gasteiger partial charge in [-0.2, -0.15) is 0 Å². The van der Waals surface area contributed by atoms with Crippen LogP contribution >= 0.6 is 0 Å². The topological polar surface area (TPSA) is 101 Å². The minimum Gasteiger partial charge on any atom is -0.378 e. The number of nitrogens with one attached hydrogen (secondary N) is 1. The molecule has 0 aliphatic carbocycles. The zero-order valence-corrected chi connectivity index (χ0v) is 20.7. The fourth-order valence-electron chi connectivity index (χ4n) is 4.84. The van der Waals surface area contributed by atoms with Crippen molar-refractivity contribution in [1.82, 2.24) is 29.4 Å². The molecule has 1 amide bonds. The Bertz CT molecular complexity index is 1370. The number of carbonyl (C=O) groups is 1. The average molecular weight is 499 g/mol. The number of hydrogen-bond acceptors (Lipinski definition) is 8. The van der Waals surface area contributed by atoms with Gasteiger partial charge in [-0.3, -0.25) is 9.36 Å². The summed E-state index contributed by atoms with van der Waals surface area (Å²) in [4.78, 5) is 35.2. The van der Waals surface area contributed by atoms with Crippen molar-refractivity contribution in [1.29, 1.82) is 0 Å². The predicted octanol–water partition coefficient (Wildman–Crippen LogP) is 3.14. The summed E-state index contributed by atoms with van der Waals surface area (Å²) in [6.07, 6.45) is 6.07. The molecule has 37 heavy (non-hydrogen) atoms. The molecule has 3 aromatic heterocycles. The summed E-state index contributed by atoms with van der Waals surface area (Å²) < 4.78 is 7.44. The van der Waals surface area contributed by atoms with Crippen molar-refractivity contribution >= 4 is 28.7 Å². The normalized spacial score (nSPS) is 16.1. The summed E-state index contributed by atoms with van der Waals surface area (Å²) in [6.45, 7) is 5.39. The Kier molecular flexibility index (Phi) is 6.64. The quantitative estimate of drug-likeness (QED) is 0.370. The number of morpholine rings is 1. The van der Waals surface area contributed by atoms with Gasteiger partial charge in [-0.1, -0.05) is 18.2 Å². The third-order valence-corrected chi connectivity index (χ3v) is 6.84. The first-order chi connectivity index (χ1) is 18.3. The number of carbonyl (C=O) groups excluding carboxylic acids is 1. The average Bonchev–Trinajstić information content (AvgIpc) is 3.58. The number of aromatic nitrogens is 5. The number of para-hydroxylation sites is 1. The van der Waals surface area contributed by atoms with Gasteiger partial charge in [-0.15, -0.1) is 0 Å². The van der Waals surface area contributed by atoms with Crippen LogP contribution in [0.2, 0.25) is 0 Å². The Labute approximate surface area is 215 Å². The zero-order chi connectivity index (χ0) is 25.0. The third-order valence-electron chi connectivity index (χ3n) is 6.84. The summed E-state index contributed by atoms with van der Waals surface area (Å²) >= 11 is 0. The van der Waals surface area contributed by atoms with E-state index >= 15 is 0 Å². The van der Waals surface area contributed by atoms with Crippen molar-refractivity contribution in [2.45, 2.75) is 19.3 Å². The van der Waals surface area contributed by atoms with Crippen LogP contribution < -0.4 is 10.2 Å². The van der Waals surface area contributed by atoms with E-state index in [-0.39, 0.29) is 5.91 Å². The molecular formula is C27H30N8O2. The second kappa shape index (κ2) is 10.5. The summed E-state index contributed by atoms with van der Waals surface area (Å²) in [5, 5.41) is 3.46. The van der Waals surface area contributed by atoms with E-state index < -0.39 is 0 Å². The lowest BCUT2D eigenvalue weighted by molar-refractivity contribution is -0.127. The molecule has 5 heterocycles. The van der Waals surface area contributed by atoms with E-state index in [2.05, 4.69) is 15.2 Å². The van der Waals surface area contributed by atoms with Gasteiger partial charge < -0.3 is 19.9 Å². The molecule has 1 aromatic carbocycles. The van der Waals surface area contributed by atoms with Gasteiger partial charge in [-0.25, -0.2) is 19.9 Å². The molecule has 2 aliphatic heterocycles. The molecule has 4 aromatic rings. The van der Waals surface area contributed by atoms with Crippen LogP contribution in [0, 0.1) is 0 Å². The van der Waals surface area contributed by atoms with Crippen LogP contribution in [-0.4, -0.2) is 81.2 Å². The van der Waals surface area contributed by atoms with Gasteiger partial charge in [0.1, 0.15) is 12.1 Å². The lowest BCUT2D eigenvalue weighted by atomic mass is 10.2. The Morgan fingerprint density at radius 1 is 0.973 bits per heavy atom. The molecule has 1 N–H and O–H groups in total. The Hall–Kier alpha value is -4.05.